The highest BCUT2D eigenvalue weighted by molar-refractivity contribution is 4.66. The lowest BCUT2D eigenvalue weighted by Crippen LogP contribution is -2.22. The van der Waals surface area contributed by atoms with Crippen molar-refractivity contribution in [3.8, 4) is 0 Å². The van der Waals surface area contributed by atoms with E-state index in [9.17, 15) is 0 Å². The zero-order valence-corrected chi connectivity index (χ0v) is 10.8. The lowest BCUT2D eigenvalue weighted by Gasteiger charge is -2.15. The summed E-state index contributed by atoms with van der Waals surface area (Å²) in [4.78, 5) is 0. The normalized spacial score (nSPS) is 22.4. The minimum Gasteiger partial charge on any atom is -0.328 e. The number of hydrogen-bond acceptors (Lipinski definition) is 2. The Bertz CT molecular complexity index is 120. The first kappa shape index (κ1) is 15.7. The predicted molar refractivity (Wildman–Crippen MR) is 73.4 cm³/mol. The molecule has 2 aliphatic rings. The number of nitrogens with two attached hydrogens (primary N) is 2. The minimum absolute atomic E-state index is 0.536. The molecule has 0 atom stereocenters. The molecule has 96 valence electrons. The Morgan fingerprint density at radius 1 is 0.562 bits per heavy atom. The minimum atomic E-state index is 0.536. The molecule has 0 aromatic carbocycles. The summed E-state index contributed by atoms with van der Waals surface area (Å²) in [6, 6.07) is 1.07. The molecule has 2 nitrogen and oxygen atoms in total. The van der Waals surface area contributed by atoms with E-state index in [1.807, 2.05) is 0 Å². The molecule has 0 bridgehead atoms. The Morgan fingerprint density at radius 3 is 0.938 bits per heavy atom. The van der Waals surface area contributed by atoms with Gasteiger partial charge in [0.05, 0.1) is 0 Å². The summed E-state index contributed by atoms with van der Waals surface area (Å²) in [7, 11) is 0. The first-order valence-electron chi connectivity index (χ1n) is 6.80. The summed E-state index contributed by atoms with van der Waals surface area (Å²) in [5, 5.41) is 0. The van der Waals surface area contributed by atoms with Crippen LogP contribution < -0.4 is 11.5 Å². The molecule has 2 saturated carbocycles. The number of hydrogen-bond donors (Lipinski definition) is 2. The van der Waals surface area contributed by atoms with Crippen LogP contribution in [0.25, 0.3) is 0 Å². The van der Waals surface area contributed by atoms with Crippen LogP contribution in [-0.4, -0.2) is 12.1 Å². The molecule has 0 radical (unpaired) electrons. The van der Waals surface area contributed by atoms with Crippen LogP contribution in [0.15, 0.2) is 13.2 Å². The second-order valence-electron chi connectivity index (χ2n) is 4.80. The summed E-state index contributed by atoms with van der Waals surface area (Å²) in [5.41, 5.74) is 11.3. The smallest absolute Gasteiger partial charge is 0.00388 e. The highest BCUT2D eigenvalue weighted by Gasteiger charge is 2.06. The van der Waals surface area contributed by atoms with E-state index in [-0.39, 0.29) is 0 Å². The Morgan fingerprint density at radius 2 is 0.812 bits per heavy atom. The molecule has 0 heterocycles. The molecule has 0 saturated heterocycles. The van der Waals surface area contributed by atoms with Crippen molar-refractivity contribution in [1.29, 1.82) is 0 Å². The zero-order chi connectivity index (χ0) is 12.2. The van der Waals surface area contributed by atoms with Gasteiger partial charge in [0.25, 0.3) is 0 Å². The number of rotatable bonds is 0. The van der Waals surface area contributed by atoms with Crippen LogP contribution in [0.2, 0.25) is 0 Å². The molecular weight excluding hydrogens is 196 g/mol. The van der Waals surface area contributed by atoms with Crippen molar-refractivity contribution in [3.63, 3.8) is 0 Å². The van der Waals surface area contributed by atoms with Crippen LogP contribution >= 0.6 is 0 Å². The van der Waals surface area contributed by atoms with E-state index in [0.29, 0.717) is 12.1 Å². The molecule has 2 aliphatic carbocycles. The zero-order valence-electron chi connectivity index (χ0n) is 10.8. The Balaban J connectivity index is 0.000000244. The fourth-order valence-electron chi connectivity index (χ4n) is 2.27. The van der Waals surface area contributed by atoms with Crippen LogP contribution in [0, 0.1) is 0 Å². The lowest BCUT2D eigenvalue weighted by atomic mass is 9.97. The first-order chi connectivity index (χ1) is 7.79. The van der Waals surface area contributed by atoms with Crippen LogP contribution in [-0.2, 0) is 0 Å². The van der Waals surface area contributed by atoms with Gasteiger partial charge >= 0.3 is 0 Å². The monoisotopic (exact) mass is 226 g/mol. The van der Waals surface area contributed by atoms with Gasteiger partial charge in [-0.05, 0) is 25.7 Å². The van der Waals surface area contributed by atoms with Crippen LogP contribution in [0.3, 0.4) is 0 Å². The van der Waals surface area contributed by atoms with Crippen LogP contribution in [0.5, 0.6) is 0 Å². The fraction of sp³-hybridized carbons (Fsp3) is 0.857. The molecule has 0 aromatic heterocycles. The van der Waals surface area contributed by atoms with E-state index in [2.05, 4.69) is 13.2 Å². The second-order valence-corrected chi connectivity index (χ2v) is 4.80. The van der Waals surface area contributed by atoms with Crippen LogP contribution in [0.1, 0.15) is 64.2 Å². The molecule has 2 heteroatoms. The molecule has 0 amide bonds. The molecule has 2 rings (SSSR count). The maximum Gasteiger partial charge on any atom is 0.00388 e. The highest BCUT2D eigenvalue weighted by Crippen LogP contribution is 2.15. The molecular formula is C14H30N2. The highest BCUT2D eigenvalue weighted by atomic mass is 14.6. The molecule has 4 N–H and O–H groups in total. The maximum atomic E-state index is 5.63. The molecule has 16 heavy (non-hydrogen) atoms. The molecule has 0 aromatic rings. The van der Waals surface area contributed by atoms with E-state index < -0.39 is 0 Å². The van der Waals surface area contributed by atoms with Crippen molar-refractivity contribution in [2.75, 3.05) is 0 Å². The molecule has 0 spiro atoms. The van der Waals surface area contributed by atoms with Gasteiger partial charge in [0.1, 0.15) is 0 Å². The van der Waals surface area contributed by atoms with Crippen molar-refractivity contribution < 1.29 is 0 Å². The topological polar surface area (TPSA) is 52.0 Å². The predicted octanol–water partition coefficient (Wildman–Crippen LogP) is 3.36. The third-order valence-corrected chi connectivity index (χ3v) is 3.30. The fourth-order valence-corrected chi connectivity index (χ4v) is 2.27. The van der Waals surface area contributed by atoms with Gasteiger partial charge < -0.3 is 11.5 Å². The van der Waals surface area contributed by atoms with E-state index in [0.717, 1.165) is 0 Å². The third kappa shape index (κ3) is 8.93. The van der Waals surface area contributed by atoms with Crippen molar-refractivity contribution in [2.24, 2.45) is 11.5 Å². The van der Waals surface area contributed by atoms with Crippen molar-refractivity contribution in [1.82, 2.24) is 0 Å². The quantitative estimate of drug-likeness (QED) is 0.622. The van der Waals surface area contributed by atoms with Gasteiger partial charge in [-0.3, -0.25) is 0 Å². The molecule has 0 aliphatic heterocycles. The standard InChI is InChI=1S/2C6H13N.C2H4/c2*7-6-4-2-1-3-5-6;1-2/h2*6H,1-5,7H2;1-2H2. The second kappa shape index (κ2) is 11.2. The Hall–Kier alpha value is -0.340. The Labute approximate surface area is 101 Å². The summed E-state index contributed by atoms with van der Waals surface area (Å²) >= 11 is 0. The van der Waals surface area contributed by atoms with Gasteiger partial charge in [-0.15, -0.1) is 13.2 Å². The van der Waals surface area contributed by atoms with Crippen LogP contribution in [0.4, 0.5) is 0 Å². The van der Waals surface area contributed by atoms with E-state index in [1.165, 1.54) is 64.2 Å². The van der Waals surface area contributed by atoms with Crippen molar-refractivity contribution in [3.05, 3.63) is 13.2 Å². The van der Waals surface area contributed by atoms with Gasteiger partial charge in [-0.1, -0.05) is 38.5 Å². The van der Waals surface area contributed by atoms with E-state index >= 15 is 0 Å². The molecule has 0 unspecified atom stereocenters. The summed E-state index contributed by atoms with van der Waals surface area (Å²) in [5.74, 6) is 0. The van der Waals surface area contributed by atoms with E-state index in [1.54, 1.807) is 0 Å². The lowest BCUT2D eigenvalue weighted by molar-refractivity contribution is 0.441. The summed E-state index contributed by atoms with van der Waals surface area (Å²) in [6.45, 7) is 6.00. The van der Waals surface area contributed by atoms with Gasteiger partial charge in [-0.25, -0.2) is 0 Å². The average Bonchev–Trinajstić information content (AvgIpc) is 2.34. The average molecular weight is 226 g/mol. The maximum absolute atomic E-state index is 5.63. The SMILES string of the molecule is C=C.NC1CCCCC1.NC1CCCCC1. The van der Waals surface area contributed by atoms with E-state index in [4.69, 9.17) is 11.5 Å². The van der Waals surface area contributed by atoms with Crippen molar-refractivity contribution >= 4 is 0 Å². The molecule has 2 fully saturated rings. The summed E-state index contributed by atoms with van der Waals surface area (Å²) < 4.78 is 0. The third-order valence-electron chi connectivity index (χ3n) is 3.30. The van der Waals surface area contributed by atoms with Gasteiger partial charge in [0.15, 0.2) is 0 Å². The van der Waals surface area contributed by atoms with Gasteiger partial charge in [-0.2, -0.15) is 0 Å². The Kier molecular flexibility index (Phi) is 10.9. The van der Waals surface area contributed by atoms with Gasteiger partial charge in [0.2, 0.25) is 0 Å². The first-order valence-corrected chi connectivity index (χ1v) is 6.80. The van der Waals surface area contributed by atoms with Crippen molar-refractivity contribution in [2.45, 2.75) is 76.3 Å². The van der Waals surface area contributed by atoms with Gasteiger partial charge in [0, 0.05) is 12.1 Å². The summed E-state index contributed by atoms with van der Waals surface area (Å²) in [6.07, 6.45) is 13.3. The largest absolute Gasteiger partial charge is 0.328 e.